The molecule has 1 aliphatic rings. The first kappa shape index (κ1) is 14.0. The normalized spacial score (nSPS) is 27.0. The van der Waals surface area contributed by atoms with Gasteiger partial charge in [-0.25, -0.2) is 9.78 Å². The third kappa shape index (κ3) is 3.33. The van der Waals surface area contributed by atoms with Crippen LogP contribution in [-0.2, 0) is 0 Å². The molecule has 1 fully saturated rings. The van der Waals surface area contributed by atoms with Crippen LogP contribution >= 0.6 is 11.6 Å². The number of aliphatic hydroxyl groups is 1. The van der Waals surface area contributed by atoms with E-state index < -0.39 is 5.97 Å². The molecule has 1 aromatic rings. The van der Waals surface area contributed by atoms with Crippen LogP contribution in [0.1, 0.15) is 43.0 Å². The molecule has 6 nitrogen and oxygen atoms in total. The Balaban J connectivity index is 2.22. The Labute approximate surface area is 115 Å². The van der Waals surface area contributed by atoms with Gasteiger partial charge in [-0.05, 0) is 44.2 Å². The number of rotatable bonds is 3. The second-order valence-corrected chi connectivity index (χ2v) is 5.46. The second-order valence-electron chi connectivity index (χ2n) is 5.12. The summed E-state index contributed by atoms with van der Waals surface area (Å²) in [7, 11) is 0. The van der Waals surface area contributed by atoms with Gasteiger partial charge in [-0.1, -0.05) is 0 Å². The number of anilines is 1. The standard InChI is InChI=1S/C12H16ClN3O3/c1-12(4-2-7(17)3-5-12)16-9-8(10(18)19)6-14-11(13)15-9/h6-7,17H,2-5H2,1H3,(H,18,19)(H,14,15,16). The lowest BCUT2D eigenvalue weighted by Gasteiger charge is -2.37. The van der Waals surface area contributed by atoms with Crippen molar-refractivity contribution in [3.8, 4) is 0 Å². The van der Waals surface area contributed by atoms with Crippen LogP contribution in [0.4, 0.5) is 5.82 Å². The molecular formula is C12H16ClN3O3. The second kappa shape index (κ2) is 5.30. The highest BCUT2D eigenvalue weighted by atomic mass is 35.5. The molecule has 0 saturated heterocycles. The minimum absolute atomic E-state index is 0.00301. The lowest BCUT2D eigenvalue weighted by molar-refractivity contribution is 0.0696. The highest BCUT2D eigenvalue weighted by Crippen LogP contribution is 2.32. The highest BCUT2D eigenvalue weighted by molar-refractivity contribution is 6.28. The minimum Gasteiger partial charge on any atom is -0.477 e. The van der Waals surface area contributed by atoms with Crippen molar-refractivity contribution in [2.24, 2.45) is 0 Å². The van der Waals surface area contributed by atoms with E-state index in [-0.39, 0.29) is 28.3 Å². The van der Waals surface area contributed by atoms with Crippen LogP contribution in [0.25, 0.3) is 0 Å². The highest BCUT2D eigenvalue weighted by Gasteiger charge is 2.31. The third-order valence-corrected chi connectivity index (χ3v) is 3.65. The van der Waals surface area contributed by atoms with Crippen molar-refractivity contribution in [1.82, 2.24) is 9.97 Å². The average molecular weight is 286 g/mol. The fourth-order valence-corrected chi connectivity index (χ4v) is 2.40. The van der Waals surface area contributed by atoms with E-state index in [2.05, 4.69) is 15.3 Å². The molecule has 0 aliphatic heterocycles. The predicted octanol–water partition coefficient (Wildman–Crippen LogP) is 1.93. The lowest BCUT2D eigenvalue weighted by Crippen LogP contribution is -2.40. The number of halogens is 1. The Hall–Kier alpha value is -1.40. The van der Waals surface area contributed by atoms with Crippen LogP contribution < -0.4 is 5.32 Å². The molecule has 3 N–H and O–H groups in total. The molecule has 0 amide bonds. The number of nitrogens with one attached hydrogen (secondary N) is 1. The summed E-state index contributed by atoms with van der Waals surface area (Å²) in [6.45, 7) is 1.99. The molecule has 1 aromatic heterocycles. The summed E-state index contributed by atoms with van der Waals surface area (Å²) >= 11 is 5.71. The van der Waals surface area contributed by atoms with Gasteiger partial charge in [0.05, 0.1) is 6.10 Å². The molecule has 7 heteroatoms. The van der Waals surface area contributed by atoms with Crippen LogP contribution in [0.2, 0.25) is 5.28 Å². The van der Waals surface area contributed by atoms with Crippen LogP contribution in [0.5, 0.6) is 0 Å². The average Bonchev–Trinajstić information content (AvgIpc) is 2.33. The topological polar surface area (TPSA) is 95.3 Å². The fraction of sp³-hybridized carbons (Fsp3) is 0.583. The maximum Gasteiger partial charge on any atom is 0.341 e. The number of aromatic carboxylic acids is 1. The quantitative estimate of drug-likeness (QED) is 0.735. The van der Waals surface area contributed by atoms with Crippen molar-refractivity contribution in [3.63, 3.8) is 0 Å². The van der Waals surface area contributed by atoms with Crippen molar-refractivity contribution < 1.29 is 15.0 Å². The van der Waals surface area contributed by atoms with Crippen molar-refractivity contribution in [2.45, 2.75) is 44.2 Å². The van der Waals surface area contributed by atoms with E-state index in [4.69, 9.17) is 16.7 Å². The number of hydrogen-bond acceptors (Lipinski definition) is 5. The summed E-state index contributed by atoms with van der Waals surface area (Å²) < 4.78 is 0. The number of hydrogen-bond donors (Lipinski definition) is 3. The molecule has 1 aliphatic carbocycles. The zero-order valence-electron chi connectivity index (χ0n) is 10.6. The molecule has 0 atom stereocenters. The van der Waals surface area contributed by atoms with Crippen LogP contribution in [0, 0.1) is 0 Å². The van der Waals surface area contributed by atoms with Crippen LogP contribution in [-0.4, -0.2) is 37.8 Å². The SMILES string of the molecule is CC1(Nc2nc(Cl)ncc2C(=O)O)CCC(O)CC1. The molecule has 0 bridgehead atoms. The van der Waals surface area contributed by atoms with E-state index in [1.807, 2.05) is 6.92 Å². The van der Waals surface area contributed by atoms with E-state index in [1.165, 1.54) is 6.20 Å². The summed E-state index contributed by atoms with van der Waals surface area (Å²) in [5, 5.41) is 21.8. The maximum atomic E-state index is 11.1. The molecule has 1 saturated carbocycles. The van der Waals surface area contributed by atoms with Gasteiger partial charge in [0.2, 0.25) is 5.28 Å². The molecule has 1 heterocycles. The Morgan fingerprint density at radius 1 is 1.53 bits per heavy atom. The van der Waals surface area contributed by atoms with Crippen molar-refractivity contribution in [1.29, 1.82) is 0 Å². The van der Waals surface area contributed by atoms with E-state index >= 15 is 0 Å². The van der Waals surface area contributed by atoms with Crippen LogP contribution in [0.3, 0.4) is 0 Å². The van der Waals surface area contributed by atoms with E-state index in [9.17, 15) is 9.90 Å². The fourth-order valence-electron chi connectivity index (χ4n) is 2.26. The van der Waals surface area contributed by atoms with Crippen molar-refractivity contribution >= 4 is 23.4 Å². The van der Waals surface area contributed by atoms with Gasteiger partial charge in [0.15, 0.2) is 0 Å². The minimum atomic E-state index is -1.10. The van der Waals surface area contributed by atoms with Gasteiger partial charge < -0.3 is 15.5 Å². The Kier molecular flexibility index (Phi) is 3.91. The predicted molar refractivity (Wildman–Crippen MR) is 70.5 cm³/mol. The van der Waals surface area contributed by atoms with Gasteiger partial charge in [0.1, 0.15) is 11.4 Å². The first-order chi connectivity index (χ1) is 8.89. The Morgan fingerprint density at radius 3 is 2.74 bits per heavy atom. The lowest BCUT2D eigenvalue weighted by atomic mass is 9.82. The van der Waals surface area contributed by atoms with Crippen molar-refractivity contribution in [2.75, 3.05) is 5.32 Å². The van der Waals surface area contributed by atoms with Crippen LogP contribution in [0.15, 0.2) is 6.20 Å². The molecule has 19 heavy (non-hydrogen) atoms. The Bertz CT molecular complexity index is 487. The summed E-state index contributed by atoms with van der Waals surface area (Å²) in [4.78, 5) is 18.8. The molecule has 0 unspecified atom stereocenters. The van der Waals surface area contributed by atoms with E-state index in [0.717, 1.165) is 12.8 Å². The number of carboxylic acid groups (broad SMARTS) is 1. The Morgan fingerprint density at radius 2 is 2.16 bits per heavy atom. The zero-order valence-corrected chi connectivity index (χ0v) is 11.3. The monoisotopic (exact) mass is 285 g/mol. The molecule has 0 radical (unpaired) electrons. The zero-order chi connectivity index (χ0) is 14.0. The van der Waals surface area contributed by atoms with Crippen molar-refractivity contribution in [3.05, 3.63) is 17.0 Å². The molecule has 2 rings (SSSR count). The summed E-state index contributed by atoms with van der Waals surface area (Å²) in [6, 6.07) is 0. The molecule has 0 aromatic carbocycles. The summed E-state index contributed by atoms with van der Waals surface area (Å²) in [5.74, 6) is -0.870. The third-order valence-electron chi connectivity index (χ3n) is 3.47. The summed E-state index contributed by atoms with van der Waals surface area (Å²) in [5.41, 5.74) is -0.294. The van der Waals surface area contributed by atoms with Gasteiger partial charge in [-0.2, -0.15) is 4.98 Å². The van der Waals surface area contributed by atoms with Gasteiger partial charge >= 0.3 is 5.97 Å². The smallest absolute Gasteiger partial charge is 0.341 e. The van der Waals surface area contributed by atoms with E-state index in [1.54, 1.807) is 0 Å². The number of carbonyl (C=O) groups is 1. The number of aromatic nitrogens is 2. The van der Waals surface area contributed by atoms with Gasteiger partial charge in [0, 0.05) is 11.7 Å². The largest absolute Gasteiger partial charge is 0.477 e. The first-order valence-corrected chi connectivity index (χ1v) is 6.49. The molecule has 0 spiro atoms. The number of aliphatic hydroxyl groups excluding tert-OH is 1. The maximum absolute atomic E-state index is 11.1. The van der Waals surface area contributed by atoms with Gasteiger partial charge in [0.25, 0.3) is 0 Å². The molecular weight excluding hydrogens is 270 g/mol. The molecule has 104 valence electrons. The number of nitrogens with zero attached hydrogens (tertiary/aromatic N) is 2. The van der Waals surface area contributed by atoms with E-state index in [0.29, 0.717) is 12.8 Å². The van der Waals surface area contributed by atoms with Gasteiger partial charge in [-0.3, -0.25) is 0 Å². The van der Waals surface area contributed by atoms with Gasteiger partial charge in [-0.15, -0.1) is 0 Å². The number of carboxylic acids is 1. The summed E-state index contributed by atoms with van der Waals surface area (Å²) in [6.07, 6.45) is 3.78. The first-order valence-electron chi connectivity index (χ1n) is 6.12.